The first-order valence-electron chi connectivity index (χ1n) is 14.1. The summed E-state index contributed by atoms with van der Waals surface area (Å²) in [5.41, 5.74) is 5.07. The van der Waals surface area contributed by atoms with Crippen molar-refractivity contribution in [3.05, 3.63) is 89.4 Å². The normalized spacial score (nSPS) is 20.0. The molecule has 0 saturated carbocycles. The van der Waals surface area contributed by atoms with Crippen molar-refractivity contribution in [2.45, 2.75) is 37.9 Å². The number of benzene rings is 2. The lowest BCUT2D eigenvalue weighted by molar-refractivity contribution is -0.140. The van der Waals surface area contributed by atoms with Crippen LogP contribution in [0.2, 0.25) is 0 Å². The number of aromatic nitrogens is 2. The second-order valence-electron chi connectivity index (χ2n) is 10.8. The van der Waals surface area contributed by atoms with Crippen LogP contribution in [0.4, 0.5) is 0 Å². The number of hydrogen-bond donors (Lipinski definition) is 3. The third kappa shape index (κ3) is 5.63. The van der Waals surface area contributed by atoms with E-state index in [0.29, 0.717) is 26.1 Å². The van der Waals surface area contributed by atoms with Gasteiger partial charge in [0.25, 0.3) is 0 Å². The summed E-state index contributed by atoms with van der Waals surface area (Å²) in [7, 11) is 3.30. The predicted octanol–water partition coefficient (Wildman–Crippen LogP) is 3.54. The zero-order chi connectivity index (χ0) is 28.3. The van der Waals surface area contributed by atoms with Crippen LogP contribution in [-0.4, -0.2) is 60.0 Å². The molecule has 9 nitrogen and oxygen atoms in total. The first-order chi connectivity index (χ1) is 20.0. The molecule has 41 heavy (non-hydrogen) atoms. The molecule has 2 aliphatic heterocycles. The number of carbonyl (C=O) groups is 2. The smallest absolute Gasteiger partial charge is 0.245 e. The first-order valence-corrected chi connectivity index (χ1v) is 14.1. The molecule has 0 radical (unpaired) electrons. The minimum Gasteiger partial charge on any atom is -0.497 e. The van der Waals surface area contributed by atoms with Crippen molar-refractivity contribution in [2.24, 2.45) is 5.92 Å². The molecule has 0 bridgehead atoms. The van der Waals surface area contributed by atoms with E-state index in [-0.39, 0.29) is 17.7 Å². The monoisotopic (exact) mass is 553 g/mol. The van der Waals surface area contributed by atoms with Crippen LogP contribution in [0.5, 0.6) is 11.5 Å². The number of amides is 2. The Morgan fingerprint density at radius 2 is 1.85 bits per heavy atom. The molecule has 0 spiro atoms. The molecule has 0 aliphatic carbocycles. The fraction of sp³-hybridized carbons (Fsp3) is 0.344. The van der Waals surface area contributed by atoms with Crippen LogP contribution in [0.15, 0.2) is 67.0 Å². The number of H-pyrrole nitrogens is 1. The Morgan fingerprint density at radius 3 is 2.63 bits per heavy atom. The number of pyridine rings is 1. The highest BCUT2D eigenvalue weighted by atomic mass is 16.5. The number of likely N-dealkylation sites (tertiary alicyclic amines) is 1. The summed E-state index contributed by atoms with van der Waals surface area (Å²) in [6.45, 7) is 1.55. The van der Waals surface area contributed by atoms with Gasteiger partial charge in [0.1, 0.15) is 23.6 Å². The number of ether oxygens (including phenoxy) is 2. The lowest BCUT2D eigenvalue weighted by Gasteiger charge is -2.32. The summed E-state index contributed by atoms with van der Waals surface area (Å²) in [5, 5.41) is 7.49. The summed E-state index contributed by atoms with van der Waals surface area (Å²) in [6, 6.07) is 16.7. The van der Waals surface area contributed by atoms with Crippen LogP contribution < -0.4 is 20.1 Å². The van der Waals surface area contributed by atoms with E-state index in [2.05, 4.69) is 32.7 Å². The van der Waals surface area contributed by atoms with E-state index < -0.39 is 12.1 Å². The zero-order valence-electron chi connectivity index (χ0n) is 23.4. The Hall–Kier alpha value is -4.37. The average molecular weight is 554 g/mol. The maximum Gasteiger partial charge on any atom is 0.245 e. The Kier molecular flexibility index (Phi) is 7.61. The molecular weight excluding hydrogens is 518 g/mol. The highest BCUT2D eigenvalue weighted by Gasteiger charge is 2.42. The molecule has 2 aromatic carbocycles. The number of nitrogens with one attached hydrogen (secondary N) is 3. The van der Waals surface area contributed by atoms with Gasteiger partial charge in [0.2, 0.25) is 11.8 Å². The molecular formula is C32H35N5O4. The molecule has 3 atom stereocenters. The Balaban J connectivity index is 1.22. The van der Waals surface area contributed by atoms with E-state index in [9.17, 15) is 9.59 Å². The van der Waals surface area contributed by atoms with Crippen molar-refractivity contribution in [1.29, 1.82) is 0 Å². The fourth-order valence-electron chi connectivity index (χ4n) is 6.14. The summed E-state index contributed by atoms with van der Waals surface area (Å²) in [5.74, 6) is 1.53. The van der Waals surface area contributed by atoms with Crippen molar-refractivity contribution in [1.82, 2.24) is 25.5 Å². The van der Waals surface area contributed by atoms with Gasteiger partial charge in [-0.15, -0.1) is 0 Å². The highest BCUT2D eigenvalue weighted by molar-refractivity contribution is 5.91. The quantitative estimate of drug-likeness (QED) is 0.308. The number of aromatic amines is 1. The third-order valence-electron chi connectivity index (χ3n) is 8.24. The minimum atomic E-state index is -0.554. The standard InChI is InChI=1S/C32H35N5O4/c1-40-25-5-3-20(4-6-25)13-21-14-29(31(38)35-18-24-15-23-17-33-11-10-28(23)36-24)37(19-21)32(39)30-27-8-7-26(41-2)16-22(27)9-12-34-30/h3-8,10-11,15-17,21,29-30,34,36H,9,12-14,18-19H2,1-2H3,(H,35,38)/t21-,29+,30?/m1/s1. The van der Waals surface area contributed by atoms with Gasteiger partial charge in [-0.25, -0.2) is 0 Å². The molecule has 2 amide bonds. The fourth-order valence-corrected chi connectivity index (χ4v) is 6.14. The number of methoxy groups -OCH3 is 2. The molecule has 6 rings (SSSR count). The summed E-state index contributed by atoms with van der Waals surface area (Å²) in [4.78, 5) is 37.1. The van der Waals surface area contributed by atoms with Gasteiger partial charge in [0.05, 0.1) is 20.8 Å². The van der Waals surface area contributed by atoms with Crippen molar-refractivity contribution in [2.75, 3.05) is 27.3 Å². The van der Waals surface area contributed by atoms with Gasteiger partial charge in [-0.1, -0.05) is 18.2 Å². The predicted molar refractivity (Wildman–Crippen MR) is 156 cm³/mol. The number of rotatable bonds is 8. The Morgan fingerprint density at radius 1 is 1.05 bits per heavy atom. The van der Waals surface area contributed by atoms with Gasteiger partial charge in [0, 0.05) is 42.1 Å². The Labute approximate surface area is 239 Å². The van der Waals surface area contributed by atoms with Crippen LogP contribution in [0.1, 0.15) is 34.8 Å². The lowest BCUT2D eigenvalue weighted by atomic mass is 9.93. The van der Waals surface area contributed by atoms with Crippen molar-refractivity contribution >= 4 is 22.7 Å². The van der Waals surface area contributed by atoms with Crippen molar-refractivity contribution in [3.8, 4) is 11.5 Å². The molecule has 9 heteroatoms. The molecule has 212 valence electrons. The van der Waals surface area contributed by atoms with Gasteiger partial charge in [-0.2, -0.15) is 0 Å². The first kappa shape index (κ1) is 26.8. The molecule has 1 saturated heterocycles. The third-order valence-corrected chi connectivity index (χ3v) is 8.24. The maximum absolute atomic E-state index is 14.1. The highest BCUT2D eigenvalue weighted by Crippen LogP contribution is 2.33. The molecule has 1 unspecified atom stereocenters. The SMILES string of the molecule is COc1ccc(C[C@@H]2C[C@@H](C(=O)NCc3cc4cnccc4[nH]3)N(C(=O)C3NCCc4cc(OC)ccc43)C2)cc1. The maximum atomic E-state index is 14.1. The van der Waals surface area contributed by atoms with Crippen molar-refractivity contribution in [3.63, 3.8) is 0 Å². The average Bonchev–Trinajstić information content (AvgIpc) is 3.63. The zero-order valence-corrected chi connectivity index (χ0v) is 23.4. The van der Waals surface area contributed by atoms with Crippen LogP contribution in [0.3, 0.4) is 0 Å². The van der Waals surface area contributed by atoms with Gasteiger partial charge in [-0.3, -0.25) is 14.6 Å². The minimum absolute atomic E-state index is 0.0646. The number of hydrogen-bond acceptors (Lipinski definition) is 6. The molecule has 3 N–H and O–H groups in total. The molecule has 4 heterocycles. The van der Waals surface area contributed by atoms with Crippen LogP contribution in [0.25, 0.3) is 10.9 Å². The summed E-state index contributed by atoms with van der Waals surface area (Å²) in [6.07, 6.45) is 5.73. The molecule has 2 aliphatic rings. The van der Waals surface area contributed by atoms with Gasteiger partial charge < -0.3 is 30.0 Å². The molecule has 2 aromatic heterocycles. The second kappa shape index (κ2) is 11.6. The van der Waals surface area contributed by atoms with E-state index in [1.807, 2.05) is 42.5 Å². The van der Waals surface area contributed by atoms with Gasteiger partial charge >= 0.3 is 0 Å². The van der Waals surface area contributed by atoms with Gasteiger partial charge in [-0.05, 0) is 78.3 Å². The second-order valence-corrected chi connectivity index (χ2v) is 10.8. The molecule has 1 fully saturated rings. The van der Waals surface area contributed by atoms with E-state index in [4.69, 9.17) is 9.47 Å². The van der Waals surface area contributed by atoms with Crippen LogP contribution >= 0.6 is 0 Å². The summed E-state index contributed by atoms with van der Waals surface area (Å²) >= 11 is 0. The summed E-state index contributed by atoms with van der Waals surface area (Å²) < 4.78 is 10.7. The molecule has 4 aromatic rings. The van der Waals surface area contributed by atoms with E-state index in [1.165, 1.54) is 0 Å². The van der Waals surface area contributed by atoms with Gasteiger partial charge in [0.15, 0.2) is 0 Å². The van der Waals surface area contributed by atoms with E-state index in [1.54, 1.807) is 31.5 Å². The van der Waals surface area contributed by atoms with Crippen LogP contribution in [0, 0.1) is 5.92 Å². The van der Waals surface area contributed by atoms with E-state index >= 15 is 0 Å². The van der Waals surface area contributed by atoms with Crippen LogP contribution in [-0.2, 0) is 29.0 Å². The van der Waals surface area contributed by atoms with E-state index in [0.717, 1.165) is 57.6 Å². The number of nitrogens with zero attached hydrogens (tertiary/aromatic N) is 2. The largest absolute Gasteiger partial charge is 0.497 e. The van der Waals surface area contributed by atoms with Crippen molar-refractivity contribution < 1.29 is 19.1 Å². The topological polar surface area (TPSA) is 109 Å². The number of carbonyl (C=O) groups excluding carboxylic acids is 2. The number of fused-ring (bicyclic) bond motifs is 2. The lowest BCUT2D eigenvalue weighted by Crippen LogP contribution is -2.50. The Bertz CT molecular complexity index is 1520.